The Morgan fingerprint density at radius 3 is 2.76 bits per heavy atom. The van der Waals surface area contributed by atoms with Crippen molar-refractivity contribution in [3.05, 3.63) is 12.4 Å². The Hall–Kier alpha value is -1.52. The van der Waals surface area contributed by atoms with E-state index in [2.05, 4.69) is 24.3 Å². The summed E-state index contributed by atoms with van der Waals surface area (Å²) in [4.78, 5) is 11.7. The number of amides is 1. The summed E-state index contributed by atoms with van der Waals surface area (Å²) in [6.45, 7) is 6.68. The van der Waals surface area contributed by atoms with Crippen molar-refractivity contribution in [1.29, 1.82) is 0 Å². The molecule has 1 amide bonds. The fourth-order valence-electron chi connectivity index (χ4n) is 1.35. The van der Waals surface area contributed by atoms with Crippen molar-refractivity contribution in [2.75, 3.05) is 6.54 Å². The fourth-order valence-corrected chi connectivity index (χ4v) is 1.35. The standard InChI is InChI=1S/C12H21N3O2/c1-9(2)5-6-13-12(16)10(3)17-11-7-14-15(4)8-11/h7-10H,5-6H2,1-4H3,(H,13,16). The molecule has 0 saturated carbocycles. The third-order valence-electron chi connectivity index (χ3n) is 2.38. The van der Waals surface area contributed by atoms with Gasteiger partial charge >= 0.3 is 0 Å². The second-order valence-corrected chi connectivity index (χ2v) is 4.58. The van der Waals surface area contributed by atoms with E-state index < -0.39 is 6.10 Å². The van der Waals surface area contributed by atoms with Gasteiger partial charge in [0.2, 0.25) is 0 Å². The lowest BCUT2D eigenvalue weighted by Gasteiger charge is -2.13. The molecule has 0 radical (unpaired) electrons. The van der Waals surface area contributed by atoms with Gasteiger partial charge in [-0.15, -0.1) is 0 Å². The minimum Gasteiger partial charge on any atom is -0.478 e. The molecular formula is C12H21N3O2. The molecule has 0 spiro atoms. The number of aryl methyl sites for hydroxylation is 1. The number of rotatable bonds is 6. The largest absolute Gasteiger partial charge is 0.478 e. The van der Waals surface area contributed by atoms with E-state index in [1.54, 1.807) is 31.0 Å². The quantitative estimate of drug-likeness (QED) is 0.815. The van der Waals surface area contributed by atoms with Crippen molar-refractivity contribution in [3.63, 3.8) is 0 Å². The molecule has 0 aromatic carbocycles. The van der Waals surface area contributed by atoms with E-state index in [4.69, 9.17) is 4.74 Å². The highest BCUT2D eigenvalue weighted by Gasteiger charge is 2.14. The SMILES string of the molecule is CC(C)CCNC(=O)C(C)Oc1cnn(C)c1. The molecule has 0 aliphatic carbocycles. The average Bonchev–Trinajstić information content (AvgIpc) is 2.63. The molecule has 1 rings (SSSR count). The van der Waals surface area contributed by atoms with Gasteiger partial charge in [0.05, 0.1) is 12.4 Å². The predicted octanol–water partition coefficient (Wildman–Crippen LogP) is 1.35. The molecule has 1 heterocycles. The minimum atomic E-state index is -0.494. The van der Waals surface area contributed by atoms with Crippen LogP contribution in [-0.2, 0) is 11.8 Å². The van der Waals surface area contributed by atoms with Crippen LogP contribution in [-0.4, -0.2) is 28.3 Å². The van der Waals surface area contributed by atoms with E-state index in [-0.39, 0.29) is 5.91 Å². The van der Waals surface area contributed by atoms with Crippen LogP contribution >= 0.6 is 0 Å². The van der Waals surface area contributed by atoms with E-state index in [1.807, 2.05) is 0 Å². The van der Waals surface area contributed by atoms with Gasteiger partial charge in [-0.2, -0.15) is 5.10 Å². The molecule has 1 aromatic rings. The van der Waals surface area contributed by atoms with Crippen LogP contribution in [0.5, 0.6) is 5.75 Å². The first-order valence-corrected chi connectivity index (χ1v) is 5.92. The van der Waals surface area contributed by atoms with Crippen molar-refractivity contribution in [3.8, 4) is 5.75 Å². The lowest BCUT2D eigenvalue weighted by molar-refractivity contribution is -0.127. The molecule has 17 heavy (non-hydrogen) atoms. The number of aromatic nitrogens is 2. The first-order valence-electron chi connectivity index (χ1n) is 5.92. The summed E-state index contributed by atoms with van der Waals surface area (Å²) in [6, 6.07) is 0. The molecule has 1 N–H and O–H groups in total. The zero-order valence-corrected chi connectivity index (χ0v) is 10.9. The van der Waals surface area contributed by atoms with Gasteiger partial charge in [0, 0.05) is 13.6 Å². The van der Waals surface area contributed by atoms with Crippen LogP contribution in [0.2, 0.25) is 0 Å². The Kier molecular flexibility index (Phi) is 5.00. The summed E-state index contributed by atoms with van der Waals surface area (Å²) in [7, 11) is 1.81. The van der Waals surface area contributed by atoms with E-state index in [1.165, 1.54) is 0 Å². The number of hydrogen-bond donors (Lipinski definition) is 1. The zero-order valence-electron chi connectivity index (χ0n) is 10.9. The van der Waals surface area contributed by atoms with Crippen LogP contribution in [0.25, 0.3) is 0 Å². The Bertz CT molecular complexity index is 360. The van der Waals surface area contributed by atoms with Crippen LogP contribution < -0.4 is 10.1 Å². The maximum absolute atomic E-state index is 11.7. The smallest absolute Gasteiger partial charge is 0.260 e. The van der Waals surface area contributed by atoms with Crippen LogP contribution in [0, 0.1) is 5.92 Å². The predicted molar refractivity (Wildman–Crippen MR) is 65.8 cm³/mol. The highest BCUT2D eigenvalue weighted by molar-refractivity contribution is 5.80. The molecule has 0 aliphatic heterocycles. The topological polar surface area (TPSA) is 56.1 Å². The van der Waals surface area contributed by atoms with Crippen molar-refractivity contribution in [2.45, 2.75) is 33.3 Å². The molecule has 0 fully saturated rings. The second-order valence-electron chi connectivity index (χ2n) is 4.58. The van der Waals surface area contributed by atoms with Crippen LogP contribution in [0.3, 0.4) is 0 Å². The third-order valence-corrected chi connectivity index (χ3v) is 2.38. The molecule has 5 nitrogen and oxygen atoms in total. The summed E-state index contributed by atoms with van der Waals surface area (Å²) in [5, 5.41) is 6.82. The highest BCUT2D eigenvalue weighted by atomic mass is 16.5. The van der Waals surface area contributed by atoms with E-state index in [0.29, 0.717) is 18.2 Å². The lowest BCUT2D eigenvalue weighted by Crippen LogP contribution is -2.37. The Morgan fingerprint density at radius 2 is 2.24 bits per heavy atom. The van der Waals surface area contributed by atoms with Crippen LogP contribution in [0.15, 0.2) is 12.4 Å². The summed E-state index contributed by atoms with van der Waals surface area (Å²) < 4.78 is 7.10. The first-order chi connectivity index (χ1) is 7.99. The van der Waals surface area contributed by atoms with Gasteiger partial charge in [-0.1, -0.05) is 13.8 Å². The van der Waals surface area contributed by atoms with Crippen LogP contribution in [0.4, 0.5) is 0 Å². The van der Waals surface area contributed by atoms with Crippen LogP contribution in [0.1, 0.15) is 27.2 Å². The number of hydrogen-bond acceptors (Lipinski definition) is 3. The van der Waals surface area contributed by atoms with E-state index >= 15 is 0 Å². The average molecular weight is 239 g/mol. The summed E-state index contributed by atoms with van der Waals surface area (Å²) in [6.07, 6.45) is 3.81. The molecule has 5 heteroatoms. The molecule has 0 saturated heterocycles. The minimum absolute atomic E-state index is 0.0884. The fraction of sp³-hybridized carbons (Fsp3) is 0.667. The van der Waals surface area contributed by atoms with Gasteiger partial charge in [0.25, 0.3) is 5.91 Å². The Labute approximate surface area is 102 Å². The molecule has 0 bridgehead atoms. The molecular weight excluding hydrogens is 218 g/mol. The van der Waals surface area contributed by atoms with Gasteiger partial charge in [0.15, 0.2) is 11.9 Å². The number of carbonyl (C=O) groups excluding carboxylic acids is 1. The van der Waals surface area contributed by atoms with Gasteiger partial charge in [-0.05, 0) is 19.3 Å². The lowest BCUT2D eigenvalue weighted by atomic mass is 10.1. The number of carbonyl (C=O) groups is 1. The highest BCUT2D eigenvalue weighted by Crippen LogP contribution is 2.09. The van der Waals surface area contributed by atoms with Crippen molar-refractivity contribution < 1.29 is 9.53 Å². The molecule has 0 aliphatic rings. The zero-order chi connectivity index (χ0) is 12.8. The number of nitrogens with zero attached hydrogens (tertiary/aromatic N) is 2. The molecule has 1 aromatic heterocycles. The molecule has 1 atom stereocenters. The number of nitrogens with one attached hydrogen (secondary N) is 1. The molecule has 96 valence electrons. The van der Waals surface area contributed by atoms with Gasteiger partial charge in [-0.3, -0.25) is 9.48 Å². The van der Waals surface area contributed by atoms with Gasteiger partial charge in [-0.25, -0.2) is 0 Å². The molecule has 1 unspecified atom stereocenters. The second kappa shape index (κ2) is 6.27. The van der Waals surface area contributed by atoms with Gasteiger partial charge in [0.1, 0.15) is 0 Å². The number of ether oxygens (including phenoxy) is 1. The summed E-state index contributed by atoms with van der Waals surface area (Å²) in [5.41, 5.74) is 0. The maximum atomic E-state index is 11.7. The summed E-state index contributed by atoms with van der Waals surface area (Å²) in [5.74, 6) is 1.11. The first kappa shape index (κ1) is 13.5. The van der Waals surface area contributed by atoms with E-state index in [9.17, 15) is 4.79 Å². The van der Waals surface area contributed by atoms with Crippen molar-refractivity contribution >= 4 is 5.91 Å². The van der Waals surface area contributed by atoms with E-state index in [0.717, 1.165) is 6.42 Å². The Morgan fingerprint density at radius 1 is 1.53 bits per heavy atom. The maximum Gasteiger partial charge on any atom is 0.260 e. The third kappa shape index (κ3) is 4.89. The summed E-state index contributed by atoms with van der Waals surface area (Å²) >= 11 is 0. The van der Waals surface area contributed by atoms with Crippen molar-refractivity contribution in [2.24, 2.45) is 13.0 Å². The monoisotopic (exact) mass is 239 g/mol. The van der Waals surface area contributed by atoms with Gasteiger partial charge < -0.3 is 10.1 Å². The Balaban J connectivity index is 2.31. The van der Waals surface area contributed by atoms with Crippen molar-refractivity contribution in [1.82, 2.24) is 15.1 Å². The normalized spacial score (nSPS) is 12.5.